The largest absolute Gasteiger partial charge is 0.481 e. The molecule has 0 spiro atoms. The highest BCUT2D eigenvalue weighted by molar-refractivity contribution is 6.03. The molecule has 0 aliphatic carbocycles. The molecule has 0 fully saturated rings. The molecular weight excluding hydrogens is 242 g/mol. The zero-order valence-electron chi connectivity index (χ0n) is 11.2. The van der Waals surface area contributed by atoms with Gasteiger partial charge < -0.3 is 4.74 Å². The van der Waals surface area contributed by atoms with E-state index in [1.54, 1.807) is 19.1 Å². The molecule has 1 atom stereocenters. The molecule has 0 N–H and O–H groups in total. The summed E-state index contributed by atoms with van der Waals surface area (Å²) < 4.78 is 5.53. The number of para-hydroxylation sites is 1. The Hall–Kier alpha value is -2.10. The van der Waals surface area contributed by atoms with Crippen LogP contribution in [0, 0.1) is 0 Å². The monoisotopic (exact) mass is 259 g/mol. The van der Waals surface area contributed by atoms with E-state index in [0.717, 1.165) is 5.56 Å². The number of carbonyl (C=O) groups is 2. The third-order valence-electron chi connectivity index (χ3n) is 3.28. The zero-order chi connectivity index (χ0) is 14.0. The highest BCUT2D eigenvalue weighted by Gasteiger charge is 2.32. The van der Waals surface area contributed by atoms with Crippen LogP contribution in [0.5, 0.6) is 5.75 Å². The van der Waals surface area contributed by atoms with Crippen molar-refractivity contribution < 1.29 is 14.3 Å². The molecule has 0 saturated carbocycles. The highest BCUT2D eigenvalue weighted by Crippen LogP contribution is 2.36. The predicted molar refractivity (Wildman–Crippen MR) is 73.5 cm³/mol. The van der Waals surface area contributed by atoms with Gasteiger partial charge in [-0.05, 0) is 26.3 Å². The first kappa shape index (κ1) is 13.3. The van der Waals surface area contributed by atoms with E-state index in [0.29, 0.717) is 17.9 Å². The molecule has 4 nitrogen and oxygen atoms in total. The normalized spacial score (nSPS) is 15.5. The van der Waals surface area contributed by atoms with Crippen LogP contribution in [-0.2, 0) is 16.0 Å². The van der Waals surface area contributed by atoms with Crippen molar-refractivity contribution >= 4 is 17.4 Å². The molecule has 100 valence electrons. The number of carbonyl (C=O) groups excluding carboxylic acids is 2. The van der Waals surface area contributed by atoms with Gasteiger partial charge in [0.05, 0.1) is 11.7 Å². The van der Waals surface area contributed by atoms with E-state index in [4.69, 9.17) is 4.74 Å². The van der Waals surface area contributed by atoms with E-state index in [9.17, 15) is 9.59 Å². The Balaban J connectivity index is 2.50. The summed E-state index contributed by atoms with van der Waals surface area (Å²) >= 11 is 0. The summed E-state index contributed by atoms with van der Waals surface area (Å²) in [4.78, 5) is 25.1. The third-order valence-corrected chi connectivity index (χ3v) is 3.28. The van der Waals surface area contributed by atoms with Gasteiger partial charge in [-0.2, -0.15) is 0 Å². The lowest BCUT2D eigenvalue weighted by atomic mass is 10.1. The molecule has 1 aliphatic rings. The number of allylic oxidation sites excluding steroid dienone is 1. The first-order valence-corrected chi connectivity index (χ1v) is 6.24. The molecule has 0 aromatic heterocycles. The van der Waals surface area contributed by atoms with Crippen molar-refractivity contribution in [2.75, 3.05) is 11.5 Å². The quantitative estimate of drug-likeness (QED) is 0.778. The molecule has 1 heterocycles. The Morgan fingerprint density at radius 2 is 2.32 bits per heavy atom. The van der Waals surface area contributed by atoms with Crippen LogP contribution in [0.25, 0.3) is 0 Å². The van der Waals surface area contributed by atoms with Crippen LogP contribution in [0.3, 0.4) is 0 Å². The summed E-state index contributed by atoms with van der Waals surface area (Å²) in [7, 11) is 0. The maximum atomic E-state index is 12.0. The van der Waals surface area contributed by atoms with Gasteiger partial charge in [-0.25, -0.2) is 0 Å². The van der Waals surface area contributed by atoms with E-state index in [2.05, 4.69) is 6.58 Å². The number of hydrogen-bond donors (Lipinski definition) is 0. The first-order valence-electron chi connectivity index (χ1n) is 6.24. The van der Waals surface area contributed by atoms with Gasteiger partial charge in [0.15, 0.2) is 12.4 Å². The average Bonchev–Trinajstić information content (AvgIpc) is 2.38. The van der Waals surface area contributed by atoms with Crippen molar-refractivity contribution in [3.63, 3.8) is 0 Å². The number of amides is 1. The Kier molecular flexibility index (Phi) is 3.69. The van der Waals surface area contributed by atoms with Crippen LogP contribution in [0.1, 0.15) is 19.4 Å². The molecule has 19 heavy (non-hydrogen) atoms. The van der Waals surface area contributed by atoms with Crippen LogP contribution >= 0.6 is 0 Å². The minimum Gasteiger partial charge on any atom is -0.481 e. The van der Waals surface area contributed by atoms with Gasteiger partial charge in [-0.15, -0.1) is 6.58 Å². The minimum atomic E-state index is -0.478. The number of anilines is 1. The predicted octanol–water partition coefficient (Wildman–Crippen LogP) is 2.12. The van der Waals surface area contributed by atoms with Crippen molar-refractivity contribution in [2.45, 2.75) is 26.3 Å². The van der Waals surface area contributed by atoms with Crippen molar-refractivity contribution in [3.05, 3.63) is 36.4 Å². The van der Waals surface area contributed by atoms with Crippen LogP contribution in [0.2, 0.25) is 0 Å². The fraction of sp³-hybridized carbons (Fsp3) is 0.333. The minimum absolute atomic E-state index is 0.0290. The Labute approximate surface area is 112 Å². The molecule has 1 amide bonds. The highest BCUT2D eigenvalue weighted by atomic mass is 16.5. The van der Waals surface area contributed by atoms with E-state index in [1.807, 2.05) is 12.1 Å². The summed E-state index contributed by atoms with van der Waals surface area (Å²) in [5, 5.41) is 0. The second kappa shape index (κ2) is 5.26. The number of ketones is 1. The summed E-state index contributed by atoms with van der Waals surface area (Å²) in [5.41, 5.74) is 1.64. The molecule has 1 unspecified atom stereocenters. The van der Waals surface area contributed by atoms with Crippen molar-refractivity contribution in [2.24, 2.45) is 0 Å². The SMILES string of the molecule is C=CCc1cccc2c1OCC(=O)N2C(C)C(C)=O. The topological polar surface area (TPSA) is 46.6 Å². The second-order valence-corrected chi connectivity index (χ2v) is 4.60. The van der Waals surface area contributed by atoms with Gasteiger partial charge in [0, 0.05) is 5.56 Å². The third kappa shape index (κ3) is 2.38. The molecule has 1 aromatic rings. The van der Waals surface area contributed by atoms with Gasteiger partial charge in [0.1, 0.15) is 5.75 Å². The molecule has 4 heteroatoms. The lowest BCUT2D eigenvalue weighted by molar-refractivity contribution is -0.125. The van der Waals surface area contributed by atoms with Gasteiger partial charge in [0.2, 0.25) is 0 Å². The standard InChI is InChI=1S/C15H17NO3/c1-4-6-12-7-5-8-13-15(12)19-9-14(18)16(13)10(2)11(3)17/h4-5,7-8,10H,1,6,9H2,2-3H3. The Morgan fingerprint density at radius 1 is 1.58 bits per heavy atom. The summed E-state index contributed by atoms with van der Waals surface area (Å²) in [6, 6.07) is 5.12. The molecule has 0 radical (unpaired) electrons. The molecular formula is C15H17NO3. The van der Waals surface area contributed by atoms with Crippen molar-refractivity contribution in [3.8, 4) is 5.75 Å². The fourth-order valence-corrected chi connectivity index (χ4v) is 2.19. The number of fused-ring (bicyclic) bond motifs is 1. The van der Waals surface area contributed by atoms with Crippen LogP contribution in [-0.4, -0.2) is 24.3 Å². The fourth-order valence-electron chi connectivity index (χ4n) is 2.19. The lowest BCUT2D eigenvalue weighted by Gasteiger charge is -2.33. The summed E-state index contributed by atoms with van der Waals surface area (Å²) in [5.74, 6) is 0.441. The van der Waals surface area contributed by atoms with Crippen LogP contribution in [0.15, 0.2) is 30.9 Å². The van der Waals surface area contributed by atoms with Gasteiger partial charge in [-0.3, -0.25) is 14.5 Å². The molecule has 1 aliphatic heterocycles. The van der Waals surface area contributed by atoms with E-state index in [-0.39, 0.29) is 18.3 Å². The van der Waals surface area contributed by atoms with Gasteiger partial charge in [0.25, 0.3) is 5.91 Å². The average molecular weight is 259 g/mol. The van der Waals surface area contributed by atoms with Gasteiger partial charge in [-0.1, -0.05) is 18.2 Å². The first-order chi connectivity index (χ1) is 9.06. The van der Waals surface area contributed by atoms with Gasteiger partial charge >= 0.3 is 0 Å². The number of benzene rings is 1. The smallest absolute Gasteiger partial charge is 0.265 e. The number of ether oxygens (including phenoxy) is 1. The number of Topliss-reactive ketones (excluding diaryl/α,β-unsaturated/α-hetero) is 1. The Bertz CT molecular complexity index is 536. The maximum Gasteiger partial charge on any atom is 0.265 e. The van der Waals surface area contributed by atoms with Crippen LogP contribution < -0.4 is 9.64 Å². The number of nitrogens with zero attached hydrogens (tertiary/aromatic N) is 1. The summed E-state index contributed by atoms with van der Waals surface area (Å²) in [6.07, 6.45) is 2.45. The van der Waals surface area contributed by atoms with E-state index in [1.165, 1.54) is 11.8 Å². The molecule has 0 saturated heterocycles. The zero-order valence-corrected chi connectivity index (χ0v) is 11.2. The van der Waals surface area contributed by atoms with E-state index >= 15 is 0 Å². The summed E-state index contributed by atoms with van der Waals surface area (Å²) in [6.45, 7) is 6.90. The number of hydrogen-bond acceptors (Lipinski definition) is 3. The van der Waals surface area contributed by atoms with Crippen LogP contribution in [0.4, 0.5) is 5.69 Å². The molecule has 2 rings (SSSR count). The Morgan fingerprint density at radius 3 is 2.95 bits per heavy atom. The lowest BCUT2D eigenvalue weighted by Crippen LogP contribution is -2.47. The van der Waals surface area contributed by atoms with E-state index < -0.39 is 6.04 Å². The second-order valence-electron chi connectivity index (χ2n) is 4.60. The van der Waals surface area contributed by atoms with Crippen molar-refractivity contribution in [1.82, 2.24) is 0 Å². The van der Waals surface area contributed by atoms with Crippen molar-refractivity contribution in [1.29, 1.82) is 0 Å². The maximum absolute atomic E-state index is 12.0. The molecule has 0 bridgehead atoms. The number of rotatable bonds is 4. The molecule has 1 aromatic carbocycles.